The number of pyridine rings is 1. The fraction of sp³-hybridized carbons (Fsp3) is 0.312. The van der Waals surface area contributed by atoms with E-state index in [1.807, 2.05) is 36.5 Å². The van der Waals surface area contributed by atoms with Crippen LogP contribution in [-0.4, -0.2) is 11.2 Å². The molecule has 0 radical (unpaired) electrons. The minimum atomic E-state index is 0.0608. The van der Waals surface area contributed by atoms with Crippen LogP contribution in [0, 0.1) is 0 Å². The Balaban J connectivity index is 1.61. The third-order valence-electron chi connectivity index (χ3n) is 3.09. The van der Waals surface area contributed by atoms with Gasteiger partial charge < -0.3 is 15.0 Å². The van der Waals surface area contributed by atoms with Gasteiger partial charge in [-0.25, -0.2) is 0 Å². The molecule has 0 aliphatic carbocycles. The molecule has 2 rings (SSSR count). The van der Waals surface area contributed by atoms with E-state index in [-0.39, 0.29) is 5.56 Å². The normalized spacial score (nSPS) is 10.4. The summed E-state index contributed by atoms with van der Waals surface area (Å²) in [4.78, 5) is 11.5. The number of ether oxygens (including phenoxy) is 1. The van der Waals surface area contributed by atoms with E-state index in [9.17, 15) is 4.79 Å². The van der Waals surface area contributed by atoms with Gasteiger partial charge in [0.1, 0.15) is 5.75 Å². The number of nitrogens with two attached hydrogens (primary N) is 1. The zero-order valence-electron chi connectivity index (χ0n) is 11.5. The Bertz CT molecular complexity index is 576. The molecule has 20 heavy (non-hydrogen) atoms. The van der Waals surface area contributed by atoms with Crippen LogP contribution in [-0.2, 0) is 6.54 Å². The molecule has 0 bridgehead atoms. The minimum Gasteiger partial charge on any atom is -0.494 e. The van der Waals surface area contributed by atoms with Crippen LogP contribution in [0.25, 0.3) is 0 Å². The highest BCUT2D eigenvalue weighted by Crippen LogP contribution is 2.13. The van der Waals surface area contributed by atoms with Gasteiger partial charge in [-0.3, -0.25) is 4.79 Å². The highest BCUT2D eigenvalue weighted by Gasteiger charge is 1.96. The van der Waals surface area contributed by atoms with Gasteiger partial charge >= 0.3 is 0 Å². The molecule has 0 atom stereocenters. The standard InChI is InChI=1S/C16H20N2O2/c17-14-7-9-15(10-8-14)20-13-5-1-3-11-18-12-4-2-6-16(18)19/h2,4,6-10,12H,1,3,5,11,13,17H2. The lowest BCUT2D eigenvalue weighted by atomic mass is 10.2. The molecule has 2 aromatic rings. The second-order valence-electron chi connectivity index (χ2n) is 4.71. The monoisotopic (exact) mass is 272 g/mol. The van der Waals surface area contributed by atoms with Crippen LogP contribution in [0.2, 0.25) is 0 Å². The van der Waals surface area contributed by atoms with Gasteiger partial charge in [-0.2, -0.15) is 0 Å². The SMILES string of the molecule is Nc1ccc(OCCCCCn2ccccc2=O)cc1. The molecular weight excluding hydrogens is 252 g/mol. The maximum absolute atomic E-state index is 11.5. The van der Waals surface area contributed by atoms with Crippen molar-refractivity contribution in [3.05, 3.63) is 59.0 Å². The van der Waals surface area contributed by atoms with Crippen molar-refractivity contribution in [2.45, 2.75) is 25.8 Å². The molecule has 1 aromatic heterocycles. The highest BCUT2D eigenvalue weighted by molar-refractivity contribution is 5.41. The third kappa shape index (κ3) is 4.46. The summed E-state index contributed by atoms with van der Waals surface area (Å²) in [5.74, 6) is 0.846. The number of benzene rings is 1. The first-order valence-corrected chi connectivity index (χ1v) is 6.89. The van der Waals surface area contributed by atoms with Crippen molar-refractivity contribution >= 4 is 5.69 Å². The Morgan fingerprint density at radius 1 is 1.00 bits per heavy atom. The van der Waals surface area contributed by atoms with Gasteiger partial charge in [0.25, 0.3) is 0 Å². The Labute approximate surface area is 118 Å². The maximum atomic E-state index is 11.5. The van der Waals surface area contributed by atoms with Gasteiger partial charge in [0.2, 0.25) is 5.56 Å². The molecule has 106 valence electrons. The zero-order valence-corrected chi connectivity index (χ0v) is 11.5. The van der Waals surface area contributed by atoms with Crippen LogP contribution in [0.1, 0.15) is 19.3 Å². The summed E-state index contributed by atoms with van der Waals surface area (Å²) in [6.07, 6.45) is 4.82. The van der Waals surface area contributed by atoms with E-state index in [2.05, 4.69) is 0 Å². The minimum absolute atomic E-state index is 0.0608. The van der Waals surface area contributed by atoms with Gasteiger partial charge in [-0.05, 0) is 49.6 Å². The predicted molar refractivity (Wildman–Crippen MR) is 80.9 cm³/mol. The molecule has 1 aromatic carbocycles. The lowest BCUT2D eigenvalue weighted by Crippen LogP contribution is -2.17. The van der Waals surface area contributed by atoms with Crippen molar-refractivity contribution < 1.29 is 4.74 Å². The van der Waals surface area contributed by atoms with Crippen molar-refractivity contribution in [3.63, 3.8) is 0 Å². The van der Waals surface area contributed by atoms with E-state index in [4.69, 9.17) is 10.5 Å². The topological polar surface area (TPSA) is 57.2 Å². The lowest BCUT2D eigenvalue weighted by molar-refractivity contribution is 0.303. The average molecular weight is 272 g/mol. The lowest BCUT2D eigenvalue weighted by Gasteiger charge is -2.07. The van der Waals surface area contributed by atoms with Crippen LogP contribution >= 0.6 is 0 Å². The average Bonchev–Trinajstić information content (AvgIpc) is 2.46. The van der Waals surface area contributed by atoms with Gasteiger partial charge in [-0.1, -0.05) is 6.07 Å². The summed E-state index contributed by atoms with van der Waals surface area (Å²) in [7, 11) is 0. The molecule has 4 nitrogen and oxygen atoms in total. The first-order chi connectivity index (χ1) is 9.75. The molecule has 1 heterocycles. The van der Waals surface area contributed by atoms with E-state index in [1.54, 1.807) is 16.7 Å². The van der Waals surface area contributed by atoms with Gasteiger partial charge in [0.05, 0.1) is 6.61 Å². The second-order valence-corrected chi connectivity index (χ2v) is 4.71. The van der Waals surface area contributed by atoms with E-state index >= 15 is 0 Å². The van der Waals surface area contributed by atoms with E-state index in [1.165, 1.54) is 0 Å². The maximum Gasteiger partial charge on any atom is 0.250 e. The van der Waals surface area contributed by atoms with Crippen molar-refractivity contribution in [2.75, 3.05) is 12.3 Å². The first kappa shape index (κ1) is 14.2. The Morgan fingerprint density at radius 3 is 2.55 bits per heavy atom. The van der Waals surface area contributed by atoms with E-state index in [0.29, 0.717) is 6.61 Å². The fourth-order valence-corrected chi connectivity index (χ4v) is 1.96. The molecule has 0 fully saturated rings. The molecule has 2 N–H and O–H groups in total. The predicted octanol–water partition coefficient (Wildman–Crippen LogP) is 2.68. The summed E-state index contributed by atoms with van der Waals surface area (Å²) >= 11 is 0. The smallest absolute Gasteiger partial charge is 0.250 e. The highest BCUT2D eigenvalue weighted by atomic mass is 16.5. The van der Waals surface area contributed by atoms with Crippen LogP contribution in [0.4, 0.5) is 5.69 Å². The van der Waals surface area contributed by atoms with Crippen molar-refractivity contribution in [3.8, 4) is 5.75 Å². The molecule has 0 amide bonds. The van der Waals surface area contributed by atoms with E-state index < -0.39 is 0 Å². The van der Waals surface area contributed by atoms with Crippen molar-refractivity contribution in [1.82, 2.24) is 4.57 Å². The van der Waals surface area contributed by atoms with Crippen LogP contribution in [0.15, 0.2) is 53.5 Å². The molecular formula is C16H20N2O2. The number of unbranched alkanes of at least 4 members (excludes halogenated alkanes) is 2. The van der Waals surface area contributed by atoms with Crippen LogP contribution in [0.3, 0.4) is 0 Å². The third-order valence-corrected chi connectivity index (χ3v) is 3.09. The molecule has 0 unspecified atom stereocenters. The Kier molecular flexibility index (Phi) is 5.24. The Hall–Kier alpha value is -2.23. The second kappa shape index (κ2) is 7.38. The number of anilines is 1. The number of aryl methyl sites for hydroxylation is 1. The van der Waals surface area contributed by atoms with Crippen molar-refractivity contribution in [1.29, 1.82) is 0 Å². The van der Waals surface area contributed by atoms with Gasteiger partial charge in [0, 0.05) is 24.5 Å². The number of aromatic nitrogens is 1. The van der Waals surface area contributed by atoms with Crippen molar-refractivity contribution in [2.24, 2.45) is 0 Å². The molecule has 0 saturated heterocycles. The number of hydrogen-bond acceptors (Lipinski definition) is 3. The quantitative estimate of drug-likeness (QED) is 0.622. The van der Waals surface area contributed by atoms with Gasteiger partial charge in [0.15, 0.2) is 0 Å². The number of nitrogens with zero attached hydrogens (tertiary/aromatic N) is 1. The number of nitrogen functional groups attached to an aromatic ring is 1. The summed E-state index contributed by atoms with van der Waals surface area (Å²) < 4.78 is 7.35. The molecule has 0 saturated carbocycles. The molecule has 0 spiro atoms. The summed E-state index contributed by atoms with van der Waals surface area (Å²) in [6.45, 7) is 1.45. The summed E-state index contributed by atoms with van der Waals surface area (Å²) in [5, 5.41) is 0. The summed E-state index contributed by atoms with van der Waals surface area (Å²) in [5.41, 5.74) is 6.41. The first-order valence-electron chi connectivity index (χ1n) is 6.89. The fourth-order valence-electron chi connectivity index (χ4n) is 1.96. The Morgan fingerprint density at radius 2 is 1.80 bits per heavy atom. The zero-order chi connectivity index (χ0) is 14.2. The van der Waals surface area contributed by atoms with Gasteiger partial charge in [-0.15, -0.1) is 0 Å². The molecule has 4 heteroatoms. The van der Waals surface area contributed by atoms with Crippen LogP contribution < -0.4 is 16.0 Å². The number of rotatable bonds is 7. The summed E-state index contributed by atoms with van der Waals surface area (Å²) in [6, 6.07) is 12.6. The molecule has 0 aliphatic rings. The van der Waals surface area contributed by atoms with E-state index in [0.717, 1.165) is 37.2 Å². The largest absolute Gasteiger partial charge is 0.494 e. The molecule has 0 aliphatic heterocycles. The van der Waals surface area contributed by atoms with Crippen LogP contribution in [0.5, 0.6) is 5.75 Å². The number of hydrogen-bond donors (Lipinski definition) is 1.